The van der Waals surface area contributed by atoms with Crippen LogP contribution in [-0.4, -0.2) is 50.5 Å². The molecule has 2 fully saturated rings. The van der Waals surface area contributed by atoms with Gasteiger partial charge in [-0.25, -0.2) is 4.52 Å². The summed E-state index contributed by atoms with van der Waals surface area (Å²) in [6.45, 7) is 2.48. The van der Waals surface area contributed by atoms with Crippen molar-refractivity contribution in [3.8, 4) is 5.88 Å². The van der Waals surface area contributed by atoms with Crippen molar-refractivity contribution < 1.29 is 4.74 Å². The van der Waals surface area contributed by atoms with Crippen molar-refractivity contribution in [1.29, 1.82) is 0 Å². The molecule has 5 rings (SSSR count). The molecule has 0 bridgehead atoms. The number of piperidine rings is 1. The number of H-pyrrole nitrogens is 1. The lowest BCUT2D eigenvalue weighted by atomic mass is 10.1. The van der Waals surface area contributed by atoms with Crippen LogP contribution in [0.2, 0.25) is 0 Å². The molecule has 1 aliphatic heterocycles. The highest BCUT2D eigenvalue weighted by Gasteiger charge is 2.23. The van der Waals surface area contributed by atoms with E-state index in [4.69, 9.17) is 15.5 Å². The van der Waals surface area contributed by atoms with E-state index in [1.807, 2.05) is 28.9 Å². The molecule has 3 aromatic heterocycles. The third kappa shape index (κ3) is 3.55. The van der Waals surface area contributed by atoms with Crippen LogP contribution in [-0.2, 0) is 0 Å². The molecular weight excluding hydrogens is 344 g/mol. The van der Waals surface area contributed by atoms with Crippen molar-refractivity contribution in [1.82, 2.24) is 24.8 Å². The number of nitrogens with zero attached hydrogens (tertiary/aromatic N) is 5. The van der Waals surface area contributed by atoms with Gasteiger partial charge in [0.2, 0.25) is 11.8 Å². The average Bonchev–Trinajstić information content (AvgIpc) is 3.19. The number of rotatable bonds is 6. The number of fused-ring (bicyclic) bond motifs is 1. The molecule has 9 heteroatoms. The van der Waals surface area contributed by atoms with E-state index in [2.05, 4.69) is 25.5 Å². The Morgan fingerprint density at radius 1 is 1.26 bits per heavy atom. The number of aromatic nitrogens is 5. The third-order valence-corrected chi connectivity index (χ3v) is 5.17. The molecule has 4 heterocycles. The van der Waals surface area contributed by atoms with Crippen LogP contribution in [0.15, 0.2) is 24.4 Å². The number of ether oxygens (including phenoxy) is 1. The van der Waals surface area contributed by atoms with Crippen molar-refractivity contribution in [3.05, 3.63) is 24.4 Å². The Morgan fingerprint density at radius 2 is 2.11 bits per heavy atom. The van der Waals surface area contributed by atoms with Crippen molar-refractivity contribution >= 4 is 23.1 Å². The first-order valence-electron chi connectivity index (χ1n) is 9.56. The maximum absolute atomic E-state index is 6.02. The summed E-state index contributed by atoms with van der Waals surface area (Å²) in [7, 11) is 0. The van der Waals surface area contributed by atoms with Crippen LogP contribution in [0.25, 0.3) is 5.52 Å². The Bertz CT molecular complexity index is 922. The molecular formula is C18H24N8O. The summed E-state index contributed by atoms with van der Waals surface area (Å²) in [4.78, 5) is 6.95. The number of aromatic amines is 1. The number of hydrogen-bond acceptors (Lipinski definition) is 7. The predicted octanol–water partition coefficient (Wildman–Crippen LogP) is 1.91. The number of hydrogen-bond donors (Lipinski definition) is 3. The first kappa shape index (κ1) is 16.4. The Kier molecular flexibility index (Phi) is 4.08. The molecule has 9 nitrogen and oxygen atoms in total. The van der Waals surface area contributed by atoms with Crippen LogP contribution in [0.3, 0.4) is 0 Å². The van der Waals surface area contributed by atoms with E-state index in [-0.39, 0.29) is 6.04 Å². The number of nitrogens with two attached hydrogens (primary N) is 1. The van der Waals surface area contributed by atoms with Gasteiger partial charge in [-0.3, -0.25) is 5.10 Å². The summed E-state index contributed by atoms with van der Waals surface area (Å²) < 4.78 is 7.56. The zero-order valence-electron chi connectivity index (χ0n) is 15.1. The van der Waals surface area contributed by atoms with E-state index >= 15 is 0 Å². The van der Waals surface area contributed by atoms with Gasteiger partial charge in [0, 0.05) is 31.4 Å². The highest BCUT2D eigenvalue weighted by molar-refractivity contribution is 5.73. The summed E-state index contributed by atoms with van der Waals surface area (Å²) in [5.74, 6) is 3.49. The van der Waals surface area contributed by atoms with Crippen molar-refractivity contribution in [2.45, 2.75) is 31.7 Å². The standard InChI is InChI=1S/C18H24N8O/c19-13-5-8-25(9-6-13)18-21-17(14-2-1-7-26(14)24-18)20-15-10-16(23-22-15)27-11-12-3-4-12/h1-2,7,10,12-13H,3-6,8-9,11,19H2,(H2,20,21,22,23,24). The molecule has 27 heavy (non-hydrogen) atoms. The van der Waals surface area contributed by atoms with E-state index in [0.717, 1.165) is 49.7 Å². The van der Waals surface area contributed by atoms with Crippen molar-refractivity contribution in [3.63, 3.8) is 0 Å². The quantitative estimate of drug-likeness (QED) is 0.610. The summed E-state index contributed by atoms with van der Waals surface area (Å²) in [5, 5.41) is 15.2. The molecule has 0 atom stereocenters. The van der Waals surface area contributed by atoms with Crippen molar-refractivity contribution in [2.75, 3.05) is 29.9 Å². The van der Waals surface area contributed by atoms with E-state index in [1.165, 1.54) is 12.8 Å². The summed E-state index contributed by atoms with van der Waals surface area (Å²) in [6.07, 6.45) is 6.36. The van der Waals surface area contributed by atoms with Gasteiger partial charge in [0.25, 0.3) is 0 Å². The average molecular weight is 368 g/mol. The predicted molar refractivity (Wildman–Crippen MR) is 102 cm³/mol. The van der Waals surface area contributed by atoms with Gasteiger partial charge in [0.05, 0.1) is 6.61 Å². The lowest BCUT2D eigenvalue weighted by Crippen LogP contribution is -2.40. The Hall–Kier alpha value is -2.81. The minimum Gasteiger partial charge on any atom is -0.476 e. The first-order valence-corrected chi connectivity index (χ1v) is 9.56. The van der Waals surface area contributed by atoms with Gasteiger partial charge in [-0.05, 0) is 43.7 Å². The minimum atomic E-state index is 0.271. The second kappa shape index (κ2) is 6.73. The Balaban J connectivity index is 1.37. The fourth-order valence-electron chi connectivity index (χ4n) is 3.31. The minimum absolute atomic E-state index is 0.271. The highest BCUT2D eigenvalue weighted by atomic mass is 16.5. The second-order valence-electron chi connectivity index (χ2n) is 7.42. The fraction of sp³-hybridized carbons (Fsp3) is 0.500. The van der Waals surface area contributed by atoms with Crippen LogP contribution < -0.4 is 20.7 Å². The van der Waals surface area contributed by atoms with E-state index < -0.39 is 0 Å². The number of nitrogens with one attached hydrogen (secondary N) is 2. The molecule has 0 radical (unpaired) electrons. The van der Waals surface area contributed by atoms with Crippen LogP contribution >= 0.6 is 0 Å². The van der Waals surface area contributed by atoms with Gasteiger partial charge in [-0.15, -0.1) is 10.2 Å². The molecule has 4 N–H and O–H groups in total. The molecule has 3 aromatic rings. The summed E-state index contributed by atoms with van der Waals surface area (Å²) >= 11 is 0. The molecule has 0 amide bonds. The maximum atomic E-state index is 6.02. The zero-order chi connectivity index (χ0) is 18.2. The second-order valence-corrected chi connectivity index (χ2v) is 7.42. The zero-order valence-corrected chi connectivity index (χ0v) is 15.1. The molecule has 0 aromatic carbocycles. The molecule has 142 valence electrons. The number of anilines is 3. The first-order chi connectivity index (χ1) is 13.2. The van der Waals surface area contributed by atoms with E-state index in [1.54, 1.807) is 0 Å². The molecule has 1 aliphatic carbocycles. The molecule has 2 aliphatic rings. The monoisotopic (exact) mass is 368 g/mol. The summed E-state index contributed by atoms with van der Waals surface area (Å²) in [6, 6.07) is 6.08. The van der Waals surface area contributed by atoms with Gasteiger partial charge in [0.15, 0.2) is 5.82 Å². The van der Waals surface area contributed by atoms with Crippen LogP contribution in [0.1, 0.15) is 25.7 Å². The fourth-order valence-corrected chi connectivity index (χ4v) is 3.31. The Labute approximate surface area is 156 Å². The Morgan fingerprint density at radius 3 is 2.93 bits per heavy atom. The normalized spacial score (nSPS) is 18.2. The largest absolute Gasteiger partial charge is 0.476 e. The SMILES string of the molecule is NC1CCN(c2nc(Nc3cc(OCC4CC4)n[nH]3)c3cccn3n2)CC1. The molecule has 1 saturated carbocycles. The summed E-state index contributed by atoms with van der Waals surface area (Å²) in [5.41, 5.74) is 6.93. The van der Waals surface area contributed by atoms with Gasteiger partial charge >= 0.3 is 0 Å². The smallest absolute Gasteiger partial charge is 0.245 e. The molecule has 1 saturated heterocycles. The van der Waals surface area contributed by atoms with Gasteiger partial charge in [-0.1, -0.05) is 0 Å². The highest BCUT2D eigenvalue weighted by Crippen LogP contribution is 2.30. The van der Waals surface area contributed by atoms with Crippen molar-refractivity contribution in [2.24, 2.45) is 11.7 Å². The van der Waals surface area contributed by atoms with Gasteiger partial charge in [-0.2, -0.15) is 4.98 Å². The topological polar surface area (TPSA) is 109 Å². The van der Waals surface area contributed by atoms with Gasteiger partial charge < -0.3 is 20.7 Å². The lowest BCUT2D eigenvalue weighted by molar-refractivity contribution is 0.288. The van der Waals surface area contributed by atoms with Crippen LogP contribution in [0.4, 0.5) is 17.6 Å². The van der Waals surface area contributed by atoms with E-state index in [9.17, 15) is 0 Å². The third-order valence-electron chi connectivity index (χ3n) is 5.17. The molecule has 0 spiro atoms. The van der Waals surface area contributed by atoms with Crippen LogP contribution in [0, 0.1) is 5.92 Å². The molecule has 0 unspecified atom stereocenters. The maximum Gasteiger partial charge on any atom is 0.245 e. The lowest BCUT2D eigenvalue weighted by Gasteiger charge is -2.30. The van der Waals surface area contributed by atoms with Crippen LogP contribution in [0.5, 0.6) is 5.88 Å². The van der Waals surface area contributed by atoms with Gasteiger partial charge in [0.1, 0.15) is 11.3 Å². The van der Waals surface area contributed by atoms with E-state index in [0.29, 0.717) is 17.7 Å².